The molecule has 1 rings (SSSR count). The zero-order valence-corrected chi connectivity index (χ0v) is 8.94. The Labute approximate surface area is 87.4 Å². The lowest BCUT2D eigenvalue weighted by atomic mass is 10.1. The van der Waals surface area contributed by atoms with Crippen LogP contribution < -0.4 is 5.73 Å². The SMILES string of the molecule is CC1OC(CC(C)(C)OC(N)=O)=NC1=O. The maximum atomic E-state index is 11.0. The standard InChI is InChI=1S/C9H14N2O4/c1-5-7(12)11-6(14-5)4-9(2,3)15-8(10)13/h5H,4H2,1-3H3,(H2,10,13). The van der Waals surface area contributed by atoms with Crippen LogP contribution in [0.3, 0.4) is 0 Å². The Hall–Kier alpha value is -1.59. The lowest BCUT2D eigenvalue weighted by Crippen LogP contribution is -2.33. The number of carbonyl (C=O) groups excluding carboxylic acids is 2. The smallest absolute Gasteiger partial charge is 0.405 e. The van der Waals surface area contributed by atoms with Crippen molar-refractivity contribution in [1.82, 2.24) is 0 Å². The second-order valence-electron chi connectivity index (χ2n) is 3.96. The Kier molecular flexibility index (Phi) is 2.97. The Morgan fingerprint density at radius 1 is 1.67 bits per heavy atom. The summed E-state index contributed by atoms with van der Waals surface area (Å²) in [4.78, 5) is 25.3. The average molecular weight is 214 g/mol. The highest BCUT2D eigenvalue weighted by atomic mass is 16.6. The van der Waals surface area contributed by atoms with Crippen LogP contribution in [0.5, 0.6) is 0 Å². The molecule has 0 aromatic heterocycles. The van der Waals surface area contributed by atoms with E-state index in [0.29, 0.717) is 0 Å². The van der Waals surface area contributed by atoms with Gasteiger partial charge in [0, 0.05) is 0 Å². The molecule has 1 atom stereocenters. The van der Waals surface area contributed by atoms with E-state index in [1.807, 2.05) is 0 Å². The van der Waals surface area contributed by atoms with Crippen LogP contribution in [0.2, 0.25) is 0 Å². The molecule has 0 radical (unpaired) electrons. The Bertz CT molecular complexity index is 322. The zero-order chi connectivity index (χ0) is 11.6. The van der Waals surface area contributed by atoms with Crippen molar-refractivity contribution in [3.05, 3.63) is 0 Å². The summed E-state index contributed by atoms with van der Waals surface area (Å²) in [6, 6.07) is 0. The fourth-order valence-corrected chi connectivity index (χ4v) is 1.25. The largest absolute Gasteiger partial charge is 0.467 e. The van der Waals surface area contributed by atoms with Gasteiger partial charge in [-0.1, -0.05) is 0 Å². The van der Waals surface area contributed by atoms with Gasteiger partial charge >= 0.3 is 6.09 Å². The predicted molar refractivity (Wildman–Crippen MR) is 52.4 cm³/mol. The third-order valence-electron chi connectivity index (χ3n) is 1.85. The molecule has 0 saturated heterocycles. The lowest BCUT2D eigenvalue weighted by Gasteiger charge is -2.23. The molecule has 6 heteroatoms. The number of rotatable bonds is 3. The first-order valence-electron chi connectivity index (χ1n) is 4.57. The first kappa shape index (κ1) is 11.5. The Balaban J connectivity index is 2.59. The van der Waals surface area contributed by atoms with Crippen LogP contribution >= 0.6 is 0 Å². The number of primary amides is 1. The molecular formula is C9H14N2O4. The molecule has 15 heavy (non-hydrogen) atoms. The minimum Gasteiger partial charge on any atom is -0.467 e. The molecule has 2 amide bonds. The van der Waals surface area contributed by atoms with Crippen molar-refractivity contribution < 1.29 is 19.1 Å². The molecule has 1 aliphatic heterocycles. The number of amides is 2. The number of ether oxygens (including phenoxy) is 2. The van der Waals surface area contributed by atoms with Gasteiger partial charge in [-0.15, -0.1) is 0 Å². The first-order chi connectivity index (χ1) is 6.80. The lowest BCUT2D eigenvalue weighted by molar-refractivity contribution is -0.122. The predicted octanol–water partition coefficient (Wildman–Crippen LogP) is 0.594. The summed E-state index contributed by atoms with van der Waals surface area (Å²) in [6.07, 6.45) is -1.19. The molecule has 1 aliphatic rings. The van der Waals surface area contributed by atoms with Gasteiger partial charge in [0.25, 0.3) is 5.91 Å². The Morgan fingerprint density at radius 2 is 2.27 bits per heavy atom. The third-order valence-corrected chi connectivity index (χ3v) is 1.85. The summed E-state index contributed by atoms with van der Waals surface area (Å²) in [7, 11) is 0. The summed E-state index contributed by atoms with van der Waals surface area (Å²) < 4.78 is 10.00. The highest BCUT2D eigenvalue weighted by Gasteiger charge is 2.31. The molecule has 0 spiro atoms. The molecule has 84 valence electrons. The van der Waals surface area contributed by atoms with Gasteiger partial charge in [-0.3, -0.25) is 4.79 Å². The molecule has 1 heterocycles. The van der Waals surface area contributed by atoms with E-state index >= 15 is 0 Å². The molecule has 0 aliphatic carbocycles. The van der Waals surface area contributed by atoms with E-state index in [0.717, 1.165) is 0 Å². The fraction of sp³-hybridized carbons (Fsp3) is 0.667. The highest BCUT2D eigenvalue weighted by molar-refractivity contribution is 5.99. The van der Waals surface area contributed by atoms with Crippen LogP contribution in [0.1, 0.15) is 27.2 Å². The van der Waals surface area contributed by atoms with Crippen molar-refractivity contribution in [2.45, 2.75) is 38.9 Å². The number of carbonyl (C=O) groups is 2. The van der Waals surface area contributed by atoms with Crippen LogP contribution in [-0.4, -0.2) is 29.6 Å². The summed E-state index contributed by atoms with van der Waals surface area (Å²) in [6.45, 7) is 4.94. The molecule has 0 aromatic carbocycles. The molecule has 0 fully saturated rings. The van der Waals surface area contributed by atoms with Crippen LogP contribution in [0.15, 0.2) is 4.99 Å². The number of hydrogen-bond donors (Lipinski definition) is 1. The van der Waals surface area contributed by atoms with Gasteiger partial charge < -0.3 is 15.2 Å². The third kappa shape index (κ3) is 3.23. The van der Waals surface area contributed by atoms with Crippen molar-refractivity contribution in [2.75, 3.05) is 0 Å². The topological polar surface area (TPSA) is 91.0 Å². The molecule has 0 aromatic rings. The van der Waals surface area contributed by atoms with Gasteiger partial charge in [0.2, 0.25) is 0 Å². The minimum absolute atomic E-state index is 0.228. The maximum absolute atomic E-state index is 11.0. The Morgan fingerprint density at radius 3 is 2.67 bits per heavy atom. The number of nitrogens with zero attached hydrogens (tertiary/aromatic N) is 1. The van der Waals surface area contributed by atoms with E-state index in [9.17, 15) is 9.59 Å². The van der Waals surface area contributed by atoms with Crippen molar-refractivity contribution in [1.29, 1.82) is 0 Å². The van der Waals surface area contributed by atoms with Crippen LogP contribution in [-0.2, 0) is 14.3 Å². The maximum Gasteiger partial charge on any atom is 0.405 e. The summed E-state index contributed by atoms with van der Waals surface area (Å²) in [5.74, 6) is -0.0429. The molecule has 0 saturated carbocycles. The van der Waals surface area contributed by atoms with E-state index in [4.69, 9.17) is 15.2 Å². The molecule has 2 N–H and O–H groups in total. The highest BCUT2D eigenvalue weighted by Crippen LogP contribution is 2.19. The van der Waals surface area contributed by atoms with Crippen molar-refractivity contribution in [3.8, 4) is 0 Å². The number of nitrogens with two attached hydrogens (primary N) is 1. The second-order valence-corrected chi connectivity index (χ2v) is 3.96. The summed E-state index contributed by atoms with van der Waals surface area (Å²) >= 11 is 0. The normalized spacial score (nSPS) is 20.9. The van der Waals surface area contributed by atoms with Gasteiger partial charge in [-0.2, -0.15) is 4.99 Å². The average Bonchev–Trinajstić information content (AvgIpc) is 2.25. The van der Waals surface area contributed by atoms with Crippen LogP contribution in [0.4, 0.5) is 4.79 Å². The zero-order valence-electron chi connectivity index (χ0n) is 8.94. The molecule has 1 unspecified atom stereocenters. The van der Waals surface area contributed by atoms with Crippen molar-refractivity contribution >= 4 is 17.9 Å². The molecular weight excluding hydrogens is 200 g/mol. The van der Waals surface area contributed by atoms with Gasteiger partial charge in [-0.05, 0) is 20.8 Å². The van der Waals surface area contributed by atoms with Crippen molar-refractivity contribution in [3.63, 3.8) is 0 Å². The van der Waals surface area contributed by atoms with Crippen LogP contribution in [0.25, 0.3) is 0 Å². The van der Waals surface area contributed by atoms with Crippen molar-refractivity contribution in [2.24, 2.45) is 10.7 Å². The van der Waals surface area contributed by atoms with Crippen LogP contribution in [0, 0.1) is 0 Å². The van der Waals surface area contributed by atoms with E-state index in [1.54, 1.807) is 20.8 Å². The van der Waals surface area contributed by atoms with Gasteiger partial charge in [0.05, 0.1) is 6.42 Å². The number of hydrogen-bond acceptors (Lipinski definition) is 4. The quantitative estimate of drug-likeness (QED) is 0.744. The second kappa shape index (κ2) is 3.88. The first-order valence-corrected chi connectivity index (χ1v) is 4.57. The van der Waals surface area contributed by atoms with E-state index in [-0.39, 0.29) is 18.2 Å². The minimum atomic E-state index is -0.863. The fourth-order valence-electron chi connectivity index (χ4n) is 1.25. The molecule has 6 nitrogen and oxygen atoms in total. The summed E-state index contributed by atoms with van der Waals surface area (Å²) in [5, 5.41) is 0. The monoisotopic (exact) mass is 214 g/mol. The summed E-state index contributed by atoms with van der Waals surface area (Å²) in [5.41, 5.74) is 4.07. The van der Waals surface area contributed by atoms with Gasteiger partial charge in [0.15, 0.2) is 12.0 Å². The van der Waals surface area contributed by atoms with E-state index < -0.39 is 17.8 Å². The van der Waals surface area contributed by atoms with Gasteiger partial charge in [0.1, 0.15) is 5.60 Å². The number of aliphatic imine (C=N–C) groups is 1. The molecule has 0 bridgehead atoms. The van der Waals surface area contributed by atoms with Gasteiger partial charge in [-0.25, -0.2) is 4.79 Å². The van der Waals surface area contributed by atoms with E-state index in [2.05, 4.69) is 4.99 Å². The van der Waals surface area contributed by atoms with E-state index in [1.165, 1.54) is 0 Å².